The molecule has 0 bridgehead atoms. The lowest BCUT2D eigenvalue weighted by Gasteiger charge is -2.24. The smallest absolute Gasteiger partial charge is 0.0835 e. The van der Waals surface area contributed by atoms with Gasteiger partial charge in [0.15, 0.2) is 0 Å². The lowest BCUT2D eigenvalue weighted by Crippen LogP contribution is -2.25. The monoisotopic (exact) mass is 639 g/mol. The lowest BCUT2D eigenvalue weighted by atomic mass is 9.86. The zero-order chi connectivity index (χ0) is 33.0. The van der Waals surface area contributed by atoms with E-state index in [1.807, 2.05) is 0 Å². The molecule has 0 amide bonds. The van der Waals surface area contributed by atoms with Gasteiger partial charge in [-0.25, -0.2) is 0 Å². The van der Waals surface area contributed by atoms with E-state index in [0.29, 0.717) is 0 Å². The fourth-order valence-electron chi connectivity index (χ4n) is 9.22. The van der Waals surface area contributed by atoms with Gasteiger partial charge in [-0.05, 0) is 81.1 Å². The minimum Gasteiger partial charge on any atom is -0.324 e. The third kappa shape index (κ3) is 3.67. The molecule has 0 spiro atoms. The maximum atomic E-state index is 7.36. The number of fused-ring (bicyclic) bond motifs is 11. The summed E-state index contributed by atoms with van der Waals surface area (Å²) in [5.41, 5.74) is 17.2. The normalized spacial score (nSPS) is 14.3. The van der Waals surface area contributed by atoms with Crippen molar-refractivity contribution >= 4 is 65.2 Å². The van der Waals surface area contributed by atoms with Crippen LogP contribution in [0.3, 0.4) is 0 Å². The molecule has 8 aromatic carbocycles. The molecule has 50 heavy (non-hydrogen) atoms. The standard InChI is InChI=1S/C47H33N3/c48-44(29-47(32-14-2-1-3-15-32)38-19-9-10-20-39(38)47)50-40-21-11-8-18-36(40)37-28-33(24-27-41(37)50)49-42-25-22-30-12-4-6-16-34(30)45(42)46-35-17-7-5-13-31(35)23-26-43(46)49/h1-28,44H,29,48H2. The Bertz CT molecular complexity index is 2870. The van der Waals surface area contributed by atoms with Gasteiger partial charge >= 0.3 is 0 Å². The molecule has 1 aliphatic carbocycles. The number of nitrogens with zero attached hydrogens (tertiary/aromatic N) is 2. The summed E-state index contributed by atoms with van der Waals surface area (Å²) < 4.78 is 4.84. The molecule has 0 aliphatic heterocycles. The highest BCUT2D eigenvalue weighted by atomic mass is 15.1. The maximum absolute atomic E-state index is 7.36. The molecular formula is C47H33N3. The Hall–Kier alpha value is -6.16. The first-order valence-electron chi connectivity index (χ1n) is 17.5. The summed E-state index contributed by atoms with van der Waals surface area (Å²) >= 11 is 0. The molecule has 0 fully saturated rings. The number of nitrogens with two attached hydrogens (primary N) is 1. The van der Waals surface area contributed by atoms with E-state index in [-0.39, 0.29) is 11.6 Å². The molecule has 2 N–H and O–H groups in total. The molecule has 1 aliphatic rings. The Labute approximate surface area is 289 Å². The molecule has 11 rings (SSSR count). The number of hydrogen-bond donors (Lipinski definition) is 1. The first-order valence-corrected chi connectivity index (χ1v) is 17.5. The molecule has 3 heteroatoms. The molecule has 2 aromatic heterocycles. The summed E-state index contributed by atoms with van der Waals surface area (Å²) in [5.74, 6) is 0. The lowest BCUT2D eigenvalue weighted by molar-refractivity contribution is 0.458. The fourth-order valence-corrected chi connectivity index (χ4v) is 9.22. The average Bonchev–Trinajstić information content (AvgIpc) is 3.50. The SMILES string of the molecule is NC(CC1(c2ccccc2)c2ccccc21)n1c2ccccc2c2cc(-n3c4ccc5ccccc5c4c4c5ccccc5ccc43)ccc21. The van der Waals surface area contributed by atoms with E-state index in [1.54, 1.807) is 0 Å². The molecule has 1 unspecified atom stereocenters. The van der Waals surface area contributed by atoms with Crippen LogP contribution in [0, 0.1) is 0 Å². The van der Waals surface area contributed by atoms with E-state index >= 15 is 0 Å². The number of hydrogen-bond acceptors (Lipinski definition) is 1. The van der Waals surface area contributed by atoms with Crippen LogP contribution in [0.25, 0.3) is 70.8 Å². The van der Waals surface area contributed by atoms with Crippen LogP contribution in [-0.2, 0) is 5.41 Å². The van der Waals surface area contributed by atoms with Crippen molar-refractivity contribution in [1.29, 1.82) is 0 Å². The second-order valence-corrected chi connectivity index (χ2v) is 13.9. The topological polar surface area (TPSA) is 35.9 Å². The van der Waals surface area contributed by atoms with Crippen LogP contribution in [0.15, 0.2) is 170 Å². The van der Waals surface area contributed by atoms with Gasteiger partial charge in [0.1, 0.15) is 0 Å². The maximum Gasteiger partial charge on any atom is 0.0835 e. The van der Waals surface area contributed by atoms with Crippen LogP contribution in [-0.4, -0.2) is 9.13 Å². The molecule has 1 atom stereocenters. The van der Waals surface area contributed by atoms with Gasteiger partial charge in [-0.1, -0.05) is 133 Å². The van der Waals surface area contributed by atoms with E-state index in [2.05, 4.69) is 179 Å². The van der Waals surface area contributed by atoms with Crippen molar-refractivity contribution in [3.8, 4) is 5.69 Å². The fraction of sp³-hybridized carbons (Fsp3) is 0.0638. The first-order chi connectivity index (χ1) is 24.7. The Morgan fingerprint density at radius 1 is 0.460 bits per heavy atom. The third-order valence-corrected chi connectivity index (χ3v) is 11.4. The Morgan fingerprint density at radius 2 is 0.980 bits per heavy atom. The van der Waals surface area contributed by atoms with E-state index in [4.69, 9.17) is 5.73 Å². The first kappa shape index (κ1) is 27.8. The van der Waals surface area contributed by atoms with Crippen LogP contribution < -0.4 is 5.73 Å². The highest BCUT2D eigenvalue weighted by Crippen LogP contribution is 2.58. The van der Waals surface area contributed by atoms with E-state index < -0.39 is 0 Å². The zero-order valence-electron chi connectivity index (χ0n) is 27.4. The van der Waals surface area contributed by atoms with Crippen LogP contribution in [0.4, 0.5) is 0 Å². The average molecular weight is 640 g/mol. The van der Waals surface area contributed by atoms with Crippen molar-refractivity contribution in [3.63, 3.8) is 0 Å². The number of aromatic nitrogens is 2. The summed E-state index contributed by atoms with van der Waals surface area (Å²) in [4.78, 5) is 0. The van der Waals surface area contributed by atoms with E-state index in [0.717, 1.165) is 17.6 Å². The van der Waals surface area contributed by atoms with Crippen LogP contribution in [0.1, 0.15) is 29.3 Å². The van der Waals surface area contributed by atoms with Crippen LogP contribution >= 0.6 is 0 Å². The zero-order valence-corrected chi connectivity index (χ0v) is 27.4. The summed E-state index contributed by atoms with van der Waals surface area (Å²) in [6.45, 7) is 0. The van der Waals surface area contributed by atoms with Gasteiger partial charge in [0.05, 0.1) is 28.2 Å². The van der Waals surface area contributed by atoms with E-state index in [1.165, 1.54) is 76.3 Å². The van der Waals surface area contributed by atoms with Gasteiger partial charge < -0.3 is 14.9 Å². The molecule has 0 saturated heterocycles. The molecule has 3 nitrogen and oxygen atoms in total. The minimum atomic E-state index is -0.234. The van der Waals surface area contributed by atoms with Crippen LogP contribution in [0.5, 0.6) is 0 Å². The predicted molar refractivity (Wildman–Crippen MR) is 209 cm³/mol. The van der Waals surface area contributed by atoms with Crippen molar-refractivity contribution in [2.24, 2.45) is 5.73 Å². The van der Waals surface area contributed by atoms with Gasteiger partial charge in [0.2, 0.25) is 0 Å². The molecule has 0 radical (unpaired) electrons. The summed E-state index contributed by atoms with van der Waals surface area (Å²) in [5, 5.41) is 10.1. The quantitative estimate of drug-likeness (QED) is 0.200. The predicted octanol–water partition coefficient (Wildman–Crippen LogP) is 11.4. The van der Waals surface area contributed by atoms with Crippen LogP contribution in [0.2, 0.25) is 0 Å². The second-order valence-electron chi connectivity index (χ2n) is 13.9. The van der Waals surface area contributed by atoms with Gasteiger partial charge in [-0.2, -0.15) is 0 Å². The Balaban J connectivity index is 1.13. The molecular weight excluding hydrogens is 607 g/mol. The highest BCUT2D eigenvalue weighted by molar-refractivity contribution is 6.28. The Kier molecular flexibility index (Phi) is 5.65. The van der Waals surface area contributed by atoms with Crippen molar-refractivity contribution in [2.75, 3.05) is 0 Å². The number of benzene rings is 8. The van der Waals surface area contributed by atoms with Gasteiger partial charge in [0, 0.05) is 32.6 Å². The number of para-hydroxylation sites is 1. The molecule has 2 heterocycles. The van der Waals surface area contributed by atoms with Crippen molar-refractivity contribution in [3.05, 3.63) is 187 Å². The molecule has 0 saturated carbocycles. The largest absolute Gasteiger partial charge is 0.324 e. The second kappa shape index (κ2) is 10.2. The van der Waals surface area contributed by atoms with E-state index in [9.17, 15) is 0 Å². The highest BCUT2D eigenvalue weighted by Gasteiger charge is 2.52. The summed E-state index contributed by atoms with van der Waals surface area (Å²) in [6, 6.07) is 62.1. The summed E-state index contributed by atoms with van der Waals surface area (Å²) in [6.07, 6.45) is 0.556. The van der Waals surface area contributed by atoms with Crippen molar-refractivity contribution < 1.29 is 0 Å². The summed E-state index contributed by atoms with van der Waals surface area (Å²) in [7, 11) is 0. The van der Waals surface area contributed by atoms with Gasteiger partial charge in [-0.3, -0.25) is 0 Å². The molecule has 10 aromatic rings. The van der Waals surface area contributed by atoms with Crippen molar-refractivity contribution in [1.82, 2.24) is 9.13 Å². The Morgan fingerprint density at radius 3 is 1.64 bits per heavy atom. The third-order valence-electron chi connectivity index (χ3n) is 11.4. The molecule has 236 valence electrons. The minimum absolute atomic E-state index is 0.170. The van der Waals surface area contributed by atoms with Gasteiger partial charge in [-0.15, -0.1) is 0 Å². The van der Waals surface area contributed by atoms with Gasteiger partial charge in [0.25, 0.3) is 0 Å². The van der Waals surface area contributed by atoms with Crippen molar-refractivity contribution in [2.45, 2.75) is 18.0 Å². The number of rotatable bonds is 5.